The van der Waals surface area contributed by atoms with Gasteiger partial charge in [-0.05, 0) is 30.3 Å². The summed E-state index contributed by atoms with van der Waals surface area (Å²) in [5.74, 6) is 0. The predicted octanol–water partition coefficient (Wildman–Crippen LogP) is 2.54. The van der Waals surface area contributed by atoms with Gasteiger partial charge in [0.1, 0.15) is 0 Å². The summed E-state index contributed by atoms with van der Waals surface area (Å²) in [6, 6.07) is 10.5. The highest BCUT2D eigenvalue weighted by molar-refractivity contribution is 7.89. The number of nitrogens with zero attached hydrogens (tertiary/aromatic N) is 1. The Kier molecular flexibility index (Phi) is 5.67. The maximum absolute atomic E-state index is 11.9. The zero-order valence-electron chi connectivity index (χ0n) is 13.2. The Morgan fingerprint density at radius 3 is 2.32 bits per heavy atom. The molecule has 25 heavy (non-hydrogen) atoms. The lowest BCUT2D eigenvalue weighted by atomic mass is 10.3. The van der Waals surface area contributed by atoms with Crippen molar-refractivity contribution in [1.29, 1.82) is 0 Å². The third kappa shape index (κ3) is 4.99. The van der Waals surface area contributed by atoms with Crippen LogP contribution in [-0.2, 0) is 10.0 Å². The van der Waals surface area contributed by atoms with E-state index in [9.17, 15) is 23.3 Å². The van der Waals surface area contributed by atoms with E-state index in [4.69, 9.17) is 0 Å². The van der Waals surface area contributed by atoms with Gasteiger partial charge < -0.3 is 10.6 Å². The van der Waals surface area contributed by atoms with Crippen molar-refractivity contribution in [2.75, 3.05) is 17.2 Å². The van der Waals surface area contributed by atoms with E-state index in [-0.39, 0.29) is 22.8 Å². The summed E-state index contributed by atoms with van der Waals surface area (Å²) in [6.45, 7) is 1.94. The van der Waals surface area contributed by atoms with Gasteiger partial charge in [0.15, 0.2) is 0 Å². The van der Waals surface area contributed by atoms with Crippen molar-refractivity contribution in [2.24, 2.45) is 0 Å². The van der Waals surface area contributed by atoms with Gasteiger partial charge >= 0.3 is 6.03 Å². The summed E-state index contributed by atoms with van der Waals surface area (Å²) < 4.78 is 26.0. The number of hydrogen-bond acceptors (Lipinski definition) is 5. The summed E-state index contributed by atoms with van der Waals surface area (Å²) in [6.07, 6.45) is 0. The molecule has 0 heterocycles. The Labute approximate surface area is 144 Å². The average Bonchev–Trinajstić information content (AvgIpc) is 2.55. The molecular weight excluding hydrogens is 348 g/mol. The molecule has 0 atom stereocenters. The van der Waals surface area contributed by atoms with Crippen LogP contribution in [0.1, 0.15) is 6.92 Å². The van der Waals surface area contributed by atoms with Crippen molar-refractivity contribution < 1.29 is 18.1 Å². The number of nitro groups is 1. The van der Waals surface area contributed by atoms with E-state index in [0.29, 0.717) is 5.69 Å². The Morgan fingerprint density at radius 1 is 1.08 bits per heavy atom. The maximum atomic E-state index is 11.9. The molecule has 2 amide bonds. The number of carbonyl (C=O) groups is 1. The lowest BCUT2D eigenvalue weighted by Gasteiger charge is -2.09. The normalized spacial score (nSPS) is 10.9. The van der Waals surface area contributed by atoms with Crippen LogP contribution in [0.3, 0.4) is 0 Å². The van der Waals surface area contributed by atoms with Crippen molar-refractivity contribution in [2.45, 2.75) is 11.8 Å². The molecular formula is C15H16N4O5S. The number of anilines is 2. The first-order chi connectivity index (χ1) is 11.8. The Hall–Kier alpha value is -2.98. The monoisotopic (exact) mass is 364 g/mol. The van der Waals surface area contributed by atoms with Crippen molar-refractivity contribution in [1.82, 2.24) is 4.72 Å². The van der Waals surface area contributed by atoms with Gasteiger partial charge in [-0.2, -0.15) is 0 Å². The Balaban J connectivity index is 2.04. The maximum Gasteiger partial charge on any atom is 0.323 e. The van der Waals surface area contributed by atoms with E-state index in [1.54, 1.807) is 6.92 Å². The van der Waals surface area contributed by atoms with E-state index in [1.165, 1.54) is 48.5 Å². The summed E-state index contributed by atoms with van der Waals surface area (Å²) in [5.41, 5.74) is 0.493. The molecule has 9 nitrogen and oxygen atoms in total. The first-order valence-corrected chi connectivity index (χ1v) is 8.72. The molecule has 3 N–H and O–H groups in total. The lowest BCUT2D eigenvalue weighted by molar-refractivity contribution is -0.384. The Morgan fingerprint density at radius 2 is 1.72 bits per heavy atom. The molecule has 0 radical (unpaired) electrons. The highest BCUT2D eigenvalue weighted by Crippen LogP contribution is 2.18. The summed E-state index contributed by atoms with van der Waals surface area (Å²) >= 11 is 0. The summed E-state index contributed by atoms with van der Waals surface area (Å²) in [7, 11) is -3.56. The zero-order valence-corrected chi connectivity index (χ0v) is 14.0. The number of non-ortho nitro benzene ring substituents is 1. The molecule has 0 saturated carbocycles. The number of benzene rings is 2. The van der Waals surface area contributed by atoms with Crippen LogP contribution in [0.2, 0.25) is 0 Å². The minimum atomic E-state index is -3.56. The van der Waals surface area contributed by atoms with E-state index in [0.717, 1.165) is 0 Å². The number of hydrogen-bond donors (Lipinski definition) is 3. The predicted molar refractivity (Wildman–Crippen MR) is 93.0 cm³/mol. The molecule has 0 spiro atoms. The largest absolute Gasteiger partial charge is 0.323 e. The highest BCUT2D eigenvalue weighted by atomic mass is 32.2. The Bertz CT molecular complexity index is 881. The second kappa shape index (κ2) is 7.73. The van der Waals surface area contributed by atoms with Gasteiger partial charge in [-0.15, -0.1) is 0 Å². The van der Waals surface area contributed by atoms with E-state index in [1.807, 2.05) is 0 Å². The van der Waals surface area contributed by atoms with E-state index >= 15 is 0 Å². The van der Waals surface area contributed by atoms with Crippen molar-refractivity contribution >= 4 is 33.1 Å². The molecule has 0 unspecified atom stereocenters. The minimum absolute atomic E-state index is 0.0824. The molecule has 0 aliphatic carbocycles. The fraction of sp³-hybridized carbons (Fsp3) is 0.133. The average molecular weight is 364 g/mol. The van der Waals surface area contributed by atoms with Crippen LogP contribution in [0.25, 0.3) is 0 Å². The summed E-state index contributed by atoms with van der Waals surface area (Å²) in [5, 5.41) is 15.7. The number of urea groups is 1. The molecule has 2 aromatic carbocycles. The second-order valence-corrected chi connectivity index (χ2v) is 6.68. The third-order valence-electron chi connectivity index (χ3n) is 3.07. The lowest BCUT2D eigenvalue weighted by Crippen LogP contribution is -2.23. The molecule has 0 bridgehead atoms. The first kappa shape index (κ1) is 18.4. The highest BCUT2D eigenvalue weighted by Gasteiger charge is 2.13. The van der Waals surface area contributed by atoms with Gasteiger partial charge in [0.2, 0.25) is 10.0 Å². The number of amides is 2. The van der Waals surface area contributed by atoms with Crippen molar-refractivity contribution in [3.8, 4) is 0 Å². The minimum Gasteiger partial charge on any atom is -0.308 e. The smallest absolute Gasteiger partial charge is 0.308 e. The van der Waals surface area contributed by atoms with Crippen molar-refractivity contribution in [3.05, 3.63) is 58.6 Å². The molecule has 0 aliphatic heterocycles. The van der Waals surface area contributed by atoms with Gasteiger partial charge in [0.25, 0.3) is 5.69 Å². The van der Waals surface area contributed by atoms with E-state index < -0.39 is 21.0 Å². The van der Waals surface area contributed by atoms with Crippen LogP contribution in [0, 0.1) is 10.1 Å². The number of carbonyl (C=O) groups excluding carboxylic acids is 1. The molecule has 2 rings (SSSR count). The molecule has 10 heteroatoms. The fourth-order valence-electron chi connectivity index (χ4n) is 1.98. The standard InChI is InChI=1S/C15H16N4O5S/c1-2-16-25(23,24)14-8-6-11(7-9-14)17-15(20)18-12-4-3-5-13(10-12)19(21)22/h3-10,16H,2H2,1H3,(H2,17,18,20). The molecule has 0 aromatic heterocycles. The first-order valence-electron chi connectivity index (χ1n) is 7.24. The van der Waals surface area contributed by atoms with E-state index in [2.05, 4.69) is 15.4 Å². The quantitative estimate of drug-likeness (QED) is 0.535. The number of nitro benzene ring substituents is 1. The van der Waals surface area contributed by atoms with Crippen LogP contribution in [0.5, 0.6) is 0 Å². The van der Waals surface area contributed by atoms with Crippen LogP contribution >= 0.6 is 0 Å². The SMILES string of the molecule is CCNS(=O)(=O)c1ccc(NC(=O)Nc2cccc([N+](=O)[O-])c2)cc1. The van der Waals surface area contributed by atoms with Gasteiger partial charge in [0, 0.05) is 30.1 Å². The van der Waals surface area contributed by atoms with Gasteiger partial charge in [-0.1, -0.05) is 13.0 Å². The fourth-order valence-corrected chi connectivity index (χ4v) is 3.02. The number of sulfonamides is 1. The summed E-state index contributed by atoms with van der Waals surface area (Å²) in [4.78, 5) is 22.2. The van der Waals surface area contributed by atoms with Crippen molar-refractivity contribution in [3.63, 3.8) is 0 Å². The van der Waals surface area contributed by atoms with Gasteiger partial charge in [0.05, 0.1) is 9.82 Å². The van der Waals surface area contributed by atoms with Crippen LogP contribution < -0.4 is 15.4 Å². The molecule has 0 saturated heterocycles. The molecule has 2 aromatic rings. The molecule has 0 fully saturated rings. The topological polar surface area (TPSA) is 130 Å². The van der Waals surface area contributed by atoms with Gasteiger partial charge in [-0.25, -0.2) is 17.9 Å². The second-order valence-electron chi connectivity index (χ2n) is 4.91. The number of nitrogens with one attached hydrogen (secondary N) is 3. The molecule has 132 valence electrons. The number of rotatable bonds is 6. The molecule has 0 aliphatic rings. The van der Waals surface area contributed by atoms with Crippen LogP contribution in [-0.4, -0.2) is 25.9 Å². The third-order valence-corrected chi connectivity index (χ3v) is 4.63. The van der Waals surface area contributed by atoms with Crippen LogP contribution in [0.15, 0.2) is 53.4 Å². The van der Waals surface area contributed by atoms with Crippen LogP contribution in [0.4, 0.5) is 21.9 Å². The van der Waals surface area contributed by atoms with Gasteiger partial charge in [-0.3, -0.25) is 10.1 Å². The zero-order chi connectivity index (χ0) is 18.4.